The van der Waals surface area contributed by atoms with Crippen molar-refractivity contribution in [2.45, 2.75) is 45.1 Å². The van der Waals surface area contributed by atoms with E-state index in [2.05, 4.69) is 0 Å². The summed E-state index contributed by atoms with van der Waals surface area (Å²) in [7, 11) is -1.55. The van der Waals surface area contributed by atoms with Gasteiger partial charge in [0.25, 0.3) is 0 Å². The minimum Gasteiger partial charge on any atom is -0.399 e. The molecule has 0 amide bonds. The van der Waals surface area contributed by atoms with Crippen molar-refractivity contribution < 1.29 is 8.42 Å². The van der Waals surface area contributed by atoms with Gasteiger partial charge in [-0.05, 0) is 43.4 Å². The maximum absolute atomic E-state index is 12.6. The van der Waals surface area contributed by atoms with Crippen molar-refractivity contribution >= 4 is 15.7 Å². The zero-order valence-corrected chi connectivity index (χ0v) is 13.8. The minimum atomic E-state index is -3.23. The summed E-state index contributed by atoms with van der Waals surface area (Å²) in [6, 6.07) is 7.25. The lowest BCUT2D eigenvalue weighted by Gasteiger charge is -2.28. The van der Waals surface area contributed by atoms with Crippen LogP contribution in [0.15, 0.2) is 24.3 Å². The van der Waals surface area contributed by atoms with Crippen LogP contribution in [0.25, 0.3) is 0 Å². The fraction of sp³-hybridized carbons (Fsp3) is 0.625. The lowest BCUT2D eigenvalue weighted by Crippen LogP contribution is -2.34. The van der Waals surface area contributed by atoms with E-state index in [1.807, 2.05) is 31.2 Å². The zero-order chi connectivity index (χ0) is 15.5. The largest absolute Gasteiger partial charge is 0.399 e. The zero-order valence-electron chi connectivity index (χ0n) is 13.0. The van der Waals surface area contributed by atoms with Crippen LogP contribution in [0.2, 0.25) is 0 Å². The maximum atomic E-state index is 12.6. The average Bonchev–Trinajstić information content (AvgIpc) is 2.46. The van der Waals surface area contributed by atoms with E-state index in [1.54, 1.807) is 7.05 Å². The molecule has 5 heteroatoms. The fourth-order valence-corrected chi connectivity index (χ4v) is 4.81. The summed E-state index contributed by atoms with van der Waals surface area (Å²) in [5, 5.41) is 0. The number of benzene rings is 1. The van der Waals surface area contributed by atoms with Crippen LogP contribution < -0.4 is 5.73 Å². The summed E-state index contributed by atoms with van der Waals surface area (Å²) in [5.74, 6) is 0.593. The summed E-state index contributed by atoms with van der Waals surface area (Å²) in [6.07, 6.45) is 5.65. The van der Waals surface area contributed by atoms with E-state index in [0.717, 1.165) is 31.2 Å². The predicted octanol–water partition coefficient (Wildman–Crippen LogP) is 3.17. The highest BCUT2D eigenvalue weighted by Crippen LogP contribution is 2.28. The molecule has 1 aliphatic rings. The second kappa shape index (κ2) is 6.79. The second-order valence-corrected chi connectivity index (χ2v) is 8.22. The van der Waals surface area contributed by atoms with E-state index in [-0.39, 0.29) is 11.8 Å². The first kappa shape index (κ1) is 16.3. The summed E-state index contributed by atoms with van der Waals surface area (Å²) >= 11 is 0. The Labute approximate surface area is 128 Å². The summed E-state index contributed by atoms with van der Waals surface area (Å²) < 4.78 is 26.7. The van der Waals surface area contributed by atoms with Crippen LogP contribution in [0, 0.1) is 5.92 Å². The van der Waals surface area contributed by atoms with Crippen molar-refractivity contribution in [3.05, 3.63) is 29.8 Å². The number of sulfonamides is 1. The molecule has 1 aromatic carbocycles. The topological polar surface area (TPSA) is 63.4 Å². The van der Waals surface area contributed by atoms with Crippen LogP contribution in [0.3, 0.4) is 0 Å². The van der Waals surface area contributed by atoms with E-state index in [4.69, 9.17) is 5.73 Å². The van der Waals surface area contributed by atoms with Gasteiger partial charge in [-0.25, -0.2) is 8.42 Å². The Morgan fingerprint density at radius 3 is 2.57 bits per heavy atom. The molecular weight excluding hydrogens is 284 g/mol. The van der Waals surface area contributed by atoms with Gasteiger partial charge >= 0.3 is 0 Å². The molecule has 1 saturated carbocycles. The summed E-state index contributed by atoms with van der Waals surface area (Å²) in [5.41, 5.74) is 7.39. The van der Waals surface area contributed by atoms with Crippen LogP contribution in [-0.2, 0) is 10.0 Å². The second-order valence-electron chi connectivity index (χ2n) is 6.14. The molecule has 1 aliphatic carbocycles. The van der Waals surface area contributed by atoms with Crippen LogP contribution >= 0.6 is 0 Å². The molecule has 2 rings (SSSR count). The normalized spacial score (nSPS) is 18.8. The monoisotopic (exact) mass is 310 g/mol. The molecule has 0 saturated heterocycles. The van der Waals surface area contributed by atoms with Gasteiger partial charge in [0.2, 0.25) is 10.0 Å². The molecule has 1 unspecified atom stereocenters. The predicted molar refractivity (Wildman–Crippen MR) is 87.4 cm³/mol. The number of rotatable bonds is 5. The van der Waals surface area contributed by atoms with Crippen LogP contribution in [0.4, 0.5) is 5.69 Å². The molecule has 0 spiro atoms. The summed E-state index contributed by atoms with van der Waals surface area (Å²) in [4.78, 5) is 0. The quantitative estimate of drug-likeness (QED) is 0.850. The van der Waals surface area contributed by atoms with Crippen molar-refractivity contribution in [3.63, 3.8) is 0 Å². The van der Waals surface area contributed by atoms with Gasteiger partial charge in [0.15, 0.2) is 0 Å². The first-order valence-corrected chi connectivity index (χ1v) is 9.32. The van der Waals surface area contributed by atoms with Gasteiger partial charge in [-0.15, -0.1) is 0 Å². The Balaban J connectivity index is 2.07. The van der Waals surface area contributed by atoms with Crippen LogP contribution in [0.1, 0.15) is 50.6 Å². The molecular formula is C16H26N2O2S. The van der Waals surface area contributed by atoms with Crippen molar-refractivity contribution in [1.29, 1.82) is 0 Å². The highest BCUT2D eigenvalue weighted by molar-refractivity contribution is 7.89. The Morgan fingerprint density at radius 2 is 1.95 bits per heavy atom. The van der Waals surface area contributed by atoms with Gasteiger partial charge in [-0.3, -0.25) is 0 Å². The maximum Gasteiger partial charge on any atom is 0.214 e. The molecule has 1 aromatic rings. The Kier molecular flexibility index (Phi) is 5.27. The molecule has 0 heterocycles. The molecule has 4 nitrogen and oxygen atoms in total. The number of nitrogens with zero attached hydrogens (tertiary/aromatic N) is 1. The molecule has 21 heavy (non-hydrogen) atoms. The molecule has 118 valence electrons. The smallest absolute Gasteiger partial charge is 0.214 e. The van der Waals surface area contributed by atoms with Crippen LogP contribution in [-0.4, -0.2) is 25.5 Å². The minimum absolute atomic E-state index is 0.193. The molecule has 1 atom stereocenters. The lowest BCUT2D eigenvalue weighted by molar-refractivity contribution is 0.360. The first-order valence-electron chi connectivity index (χ1n) is 7.71. The number of nitrogen functional groups attached to an aromatic ring is 1. The highest BCUT2D eigenvalue weighted by atomic mass is 32.2. The third-order valence-corrected chi connectivity index (χ3v) is 6.63. The van der Waals surface area contributed by atoms with E-state index in [1.165, 1.54) is 10.7 Å². The van der Waals surface area contributed by atoms with Gasteiger partial charge in [-0.1, -0.05) is 31.4 Å². The summed E-state index contributed by atoms with van der Waals surface area (Å²) in [6.45, 7) is 1.91. The van der Waals surface area contributed by atoms with Crippen LogP contribution in [0.5, 0.6) is 0 Å². The van der Waals surface area contributed by atoms with Gasteiger partial charge < -0.3 is 5.73 Å². The van der Waals surface area contributed by atoms with E-state index >= 15 is 0 Å². The third-order valence-electron chi connectivity index (χ3n) is 4.55. The molecule has 0 aromatic heterocycles. The first-order chi connectivity index (χ1) is 9.90. The van der Waals surface area contributed by atoms with Gasteiger partial charge in [0.05, 0.1) is 5.75 Å². The standard InChI is InChI=1S/C16H26N2O2S/c1-13(15-9-6-10-16(17)11-15)18(2)21(19,20)12-14-7-4-3-5-8-14/h6,9-11,13-14H,3-5,7-8,12,17H2,1-2H3. The van der Waals surface area contributed by atoms with Crippen molar-refractivity contribution in [1.82, 2.24) is 4.31 Å². The van der Waals surface area contributed by atoms with Gasteiger partial charge in [-0.2, -0.15) is 4.31 Å². The Bertz CT molecular complexity index is 565. The van der Waals surface area contributed by atoms with Crippen molar-refractivity contribution in [2.24, 2.45) is 5.92 Å². The molecule has 1 fully saturated rings. The molecule has 0 bridgehead atoms. The van der Waals surface area contributed by atoms with Gasteiger partial charge in [0.1, 0.15) is 0 Å². The average molecular weight is 310 g/mol. The molecule has 0 radical (unpaired) electrons. The molecule has 0 aliphatic heterocycles. The SMILES string of the molecule is CC(c1cccc(N)c1)N(C)S(=O)(=O)CC1CCCCC1. The number of anilines is 1. The van der Waals surface area contributed by atoms with E-state index < -0.39 is 10.0 Å². The Hall–Kier alpha value is -1.07. The molecule has 2 N–H and O–H groups in total. The van der Waals surface area contributed by atoms with Crippen molar-refractivity contribution in [2.75, 3.05) is 18.5 Å². The number of nitrogens with two attached hydrogens (primary N) is 1. The fourth-order valence-electron chi connectivity index (χ4n) is 3.04. The van der Waals surface area contributed by atoms with Gasteiger partial charge in [0, 0.05) is 18.8 Å². The third kappa shape index (κ3) is 4.20. The van der Waals surface area contributed by atoms with E-state index in [9.17, 15) is 8.42 Å². The number of hydrogen-bond donors (Lipinski definition) is 1. The number of hydrogen-bond acceptors (Lipinski definition) is 3. The van der Waals surface area contributed by atoms with Crippen molar-refractivity contribution in [3.8, 4) is 0 Å². The highest BCUT2D eigenvalue weighted by Gasteiger charge is 2.28. The van der Waals surface area contributed by atoms with E-state index in [0.29, 0.717) is 11.6 Å². The lowest BCUT2D eigenvalue weighted by atomic mass is 9.91. The Morgan fingerprint density at radius 1 is 1.29 bits per heavy atom.